The molecule has 0 unspecified atom stereocenters. The van der Waals surface area contributed by atoms with Gasteiger partial charge >= 0.3 is 0 Å². The standard InChI is InChI=1S/C36H69NO/c1-2-3-4-5-6-7-8-9-12-15-18-21-24-27-30-33-36(38)34-31-28-25-22-19-16-13-10-11-14-17-20-23-26-29-32-35-37/h9-12H,2-8,13-35,37H2,1H3/b11-10-,12-9-. The Morgan fingerprint density at radius 3 is 1.05 bits per heavy atom. The predicted molar refractivity (Wildman–Crippen MR) is 172 cm³/mol. The third kappa shape index (κ3) is 33.1. The zero-order valence-corrected chi connectivity index (χ0v) is 26.0. The van der Waals surface area contributed by atoms with Crippen molar-refractivity contribution in [1.82, 2.24) is 0 Å². The van der Waals surface area contributed by atoms with Crippen molar-refractivity contribution in [2.45, 2.75) is 193 Å². The Bertz CT molecular complexity index is 509. The van der Waals surface area contributed by atoms with Crippen LogP contribution in [-0.2, 0) is 4.79 Å². The molecule has 2 heteroatoms. The van der Waals surface area contributed by atoms with Gasteiger partial charge in [-0.15, -0.1) is 0 Å². The van der Waals surface area contributed by atoms with Gasteiger partial charge in [0.2, 0.25) is 0 Å². The van der Waals surface area contributed by atoms with Gasteiger partial charge in [0.05, 0.1) is 0 Å². The second-order valence-electron chi connectivity index (χ2n) is 11.7. The van der Waals surface area contributed by atoms with Crippen molar-refractivity contribution in [2.75, 3.05) is 6.54 Å². The Morgan fingerprint density at radius 2 is 0.711 bits per heavy atom. The molecular weight excluding hydrogens is 462 g/mol. The molecule has 0 amide bonds. The molecule has 224 valence electrons. The first-order valence-electron chi connectivity index (χ1n) is 17.3. The molecule has 2 nitrogen and oxygen atoms in total. The Kier molecular flexibility index (Phi) is 33.3. The highest BCUT2D eigenvalue weighted by Gasteiger charge is 2.02. The molecule has 38 heavy (non-hydrogen) atoms. The van der Waals surface area contributed by atoms with E-state index in [-0.39, 0.29) is 0 Å². The number of hydrogen-bond donors (Lipinski definition) is 1. The van der Waals surface area contributed by atoms with E-state index in [9.17, 15) is 4.79 Å². The minimum absolute atomic E-state index is 0.503. The van der Waals surface area contributed by atoms with Crippen molar-refractivity contribution in [3.8, 4) is 0 Å². The van der Waals surface area contributed by atoms with Crippen LogP contribution in [0.4, 0.5) is 0 Å². The SMILES string of the molecule is CCCCCCCC/C=C\CCCCCCCC(=O)CCCCCCCC/C=C\CCCCCCCCN. The zero-order valence-electron chi connectivity index (χ0n) is 26.0. The molecule has 0 aliphatic heterocycles. The average molecular weight is 532 g/mol. The summed E-state index contributed by atoms with van der Waals surface area (Å²) < 4.78 is 0. The summed E-state index contributed by atoms with van der Waals surface area (Å²) >= 11 is 0. The molecule has 0 saturated carbocycles. The molecule has 0 spiro atoms. The maximum absolute atomic E-state index is 12.1. The molecule has 0 fully saturated rings. The summed E-state index contributed by atoms with van der Waals surface area (Å²) in [4.78, 5) is 12.1. The summed E-state index contributed by atoms with van der Waals surface area (Å²) in [6.45, 7) is 3.13. The maximum atomic E-state index is 12.1. The Morgan fingerprint density at radius 1 is 0.421 bits per heavy atom. The molecule has 0 aromatic heterocycles. The number of Topliss-reactive ketones (excluding diaryl/α,β-unsaturated/α-hetero) is 1. The van der Waals surface area contributed by atoms with E-state index >= 15 is 0 Å². The van der Waals surface area contributed by atoms with Crippen molar-refractivity contribution < 1.29 is 4.79 Å². The molecule has 0 aliphatic carbocycles. The van der Waals surface area contributed by atoms with Gasteiger partial charge in [-0.3, -0.25) is 4.79 Å². The Labute approximate surface area is 240 Å². The molecule has 0 radical (unpaired) electrons. The first-order valence-corrected chi connectivity index (χ1v) is 17.3. The van der Waals surface area contributed by atoms with Crippen molar-refractivity contribution in [2.24, 2.45) is 5.73 Å². The molecule has 0 saturated heterocycles. The highest BCUT2D eigenvalue weighted by atomic mass is 16.1. The van der Waals surface area contributed by atoms with E-state index in [1.165, 1.54) is 161 Å². The van der Waals surface area contributed by atoms with Gasteiger partial charge in [0, 0.05) is 12.8 Å². The van der Waals surface area contributed by atoms with E-state index in [0.29, 0.717) is 5.78 Å². The summed E-state index contributed by atoms with van der Waals surface area (Å²) in [5.41, 5.74) is 5.53. The fourth-order valence-corrected chi connectivity index (χ4v) is 5.16. The van der Waals surface area contributed by atoms with E-state index in [4.69, 9.17) is 5.73 Å². The van der Waals surface area contributed by atoms with Crippen LogP contribution in [0.3, 0.4) is 0 Å². The lowest BCUT2D eigenvalue weighted by Crippen LogP contribution is -1.97. The molecule has 0 aliphatic rings. The fourth-order valence-electron chi connectivity index (χ4n) is 5.16. The van der Waals surface area contributed by atoms with E-state index in [2.05, 4.69) is 31.2 Å². The number of carbonyl (C=O) groups excluding carboxylic acids is 1. The topological polar surface area (TPSA) is 43.1 Å². The summed E-state index contributed by atoms with van der Waals surface area (Å²) in [5.74, 6) is 0.503. The zero-order chi connectivity index (χ0) is 27.6. The quantitative estimate of drug-likeness (QED) is 0.0692. The van der Waals surface area contributed by atoms with Crippen molar-refractivity contribution in [3.05, 3.63) is 24.3 Å². The van der Waals surface area contributed by atoms with Crippen LogP contribution >= 0.6 is 0 Å². The van der Waals surface area contributed by atoms with Gasteiger partial charge in [-0.2, -0.15) is 0 Å². The molecule has 0 aromatic rings. The van der Waals surface area contributed by atoms with Crippen LogP contribution in [0, 0.1) is 0 Å². The van der Waals surface area contributed by atoms with Gasteiger partial charge in [-0.1, -0.05) is 134 Å². The van der Waals surface area contributed by atoms with Crippen LogP contribution in [0.25, 0.3) is 0 Å². The van der Waals surface area contributed by atoms with Gasteiger partial charge in [0.1, 0.15) is 5.78 Å². The predicted octanol–water partition coefficient (Wildman–Crippen LogP) is 12.0. The lowest BCUT2D eigenvalue weighted by Gasteiger charge is -2.03. The van der Waals surface area contributed by atoms with Crippen molar-refractivity contribution >= 4 is 5.78 Å². The van der Waals surface area contributed by atoms with Crippen LogP contribution in [-0.4, -0.2) is 12.3 Å². The third-order valence-electron chi connectivity index (χ3n) is 7.79. The smallest absolute Gasteiger partial charge is 0.132 e. The number of carbonyl (C=O) groups is 1. The highest BCUT2D eigenvalue weighted by molar-refractivity contribution is 5.78. The average Bonchev–Trinajstić information content (AvgIpc) is 2.92. The van der Waals surface area contributed by atoms with Gasteiger partial charge in [0.25, 0.3) is 0 Å². The molecule has 0 atom stereocenters. The number of rotatable bonds is 32. The highest BCUT2D eigenvalue weighted by Crippen LogP contribution is 2.13. The molecule has 0 rings (SSSR count). The monoisotopic (exact) mass is 532 g/mol. The lowest BCUT2D eigenvalue weighted by atomic mass is 10.0. The van der Waals surface area contributed by atoms with Crippen molar-refractivity contribution in [1.29, 1.82) is 0 Å². The lowest BCUT2D eigenvalue weighted by molar-refractivity contribution is -0.119. The van der Waals surface area contributed by atoms with Gasteiger partial charge < -0.3 is 5.73 Å². The number of nitrogens with two attached hydrogens (primary N) is 1. The summed E-state index contributed by atoms with van der Waals surface area (Å²) in [5, 5.41) is 0. The van der Waals surface area contributed by atoms with Gasteiger partial charge in [0.15, 0.2) is 0 Å². The van der Waals surface area contributed by atoms with Gasteiger partial charge in [-0.05, 0) is 77.2 Å². The van der Waals surface area contributed by atoms with Crippen LogP contribution in [0.1, 0.15) is 193 Å². The molecule has 0 aromatic carbocycles. The third-order valence-corrected chi connectivity index (χ3v) is 7.79. The molecule has 2 N–H and O–H groups in total. The second kappa shape index (κ2) is 34.1. The summed E-state index contributed by atoms with van der Waals surface area (Å²) in [6.07, 6.45) is 46.4. The number of ketones is 1. The fraction of sp³-hybridized carbons (Fsp3) is 0.861. The van der Waals surface area contributed by atoms with E-state index < -0.39 is 0 Å². The van der Waals surface area contributed by atoms with Crippen molar-refractivity contribution in [3.63, 3.8) is 0 Å². The normalized spacial score (nSPS) is 11.8. The van der Waals surface area contributed by atoms with E-state index in [1.807, 2.05) is 0 Å². The summed E-state index contributed by atoms with van der Waals surface area (Å²) in [6, 6.07) is 0. The first-order chi connectivity index (χ1) is 18.8. The van der Waals surface area contributed by atoms with Gasteiger partial charge in [-0.25, -0.2) is 0 Å². The largest absolute Gasteiger partial charge is 0.330 e. The number of hydrogen-bond acceptors (Lipinski definition) is 2. The molecular formula is C36H69NO. The first kappa shape index (κ1) is 37.1. The summed E-state index contributed by atoms with van der Waals surface area (Å²) in [7, 11) is 0. The second-order valence-corrected chi connectivity index (χ2v) is 11.7. The minimum Gasteiger partial charge on any atom is -0.330 e. The molecule has 0 heterocycles. The van der Waals surface area contributed by atoms with Crippen LogP contribution in [0.5, 0.6) is 0 Å². The van der Waals surface area contributed by atoms with E-state index in [0.717, 1.165) is 32.2 Å². The molecule has 0 bridgehead atoms. The van der Waals surface area contributed by atoms with Crippen LogP contribution in [0.2, 0.25) is 0 Å². The maximum Gasteiger partial charge on any atom is 0.132 e. The Balaban J connectivity index is 3.23. The number of allylic oxidation sites excluding steroid dienone is 4. The number of unbranched alkanes of at least 4 members (excludes halogenated alkanes) is 23. The Hall–Kier alpha value is -0.890. The minimum atomic E-state index is 0.503. The van der Waals surface area contributed by atoms with E-state index in [1.54, 1.807) is 0 Å². The van der Waals surface area contributed by atoms with Crippen LogP contribution < -0.4 is 5.73 Å². The van der Waals surface area contributed by atoms with Crippen LogP contribution in [0.15, 0.2) is 24.3 Å².